The van der Waals surface area contributed by atoms with Crippen molar-refractivity contribution >= 4 is 18.0 Å². The molecular formula is C12H10N4O4. The molecule has 0 spiro atoms. The number of primary amides is 1. The zero-order valence-corrected chi connectivity index (χ0v) is 10.1. The van der Waals surface area contributed by atoms with Crippen LogP contribution >= 0.6 is 0 Å². The van der Waals surface area contributed by atoms with Gasteiger partial charge in [-0.3, -0.25) is 29.8 Å². The van der Waals surface area contributed by atoms with Crippen LogP contribution in [0.3, 0.4) is 0 Å². The molecule has 102 valence electrons. The zero-order valence-electron chi connectivity index (χ0n) is 10.1. The number of carbonyl (C=O) groups excluding carboxylic acids is 2. The number of nitro benzene ring substituents is 1. The number of nitro groups is 1. The van der Waals surface area contributed by atoms with Gasteiger partial charge in [-0.1, -0.05) is 0 Å². The Kier molecular flexibility index (Phi) is 3.47. The monoisotopic (exact) mass is 274 g/mol. The number of amides is 2. The average Bonchev–Trinajstić information content (AvgIpc) is 2.83. The van der Waals surface area contributed by atoms with E-state index < -0.39 is 10.8 Å². The van der Waals surface area contributed by atoms with Crippen molar-refractivity contribution in [2.75, 3.05) is 5.43 Å². The summed E-state index contributed by atoms with van der Waals surface area (Å²) in [6, 6.07) is 7.24. The Morgan fingerprint density at radius 2 is 1.95 bits per heavy atom. The van der Waals surface area contributed by atoms with E-state index in [0.29, 0.717) is 17.5 Å². The maximum Gasteiger partial charge on any atom is 0.269 e. The molecule has 0 aliphatic rings. The minimum absolute atomic E-state index is 0.0557. The molecule has 3 N–H and O–H groups in total. The molecular weight excluding hydrogens is 264 g/mol. The van der Waals surface area contributed by atoms with Crippen LogP contribution in [0, 0.1) is 10.1 Å². The second-order valence-corrected chi connectivity index (χ2v) is 3.86. The minimum atomic E-state index is -0.724. The van der Waals surface area contributed by atoms with Gasteiger partial charge in [-0.05, 0) is 23.8 Å². The Balaban J connectivity index is 2.49. The molecule has 0 aliphatic carbocycles. The maximum absolute atomic E-state index is 11.5. The first kappa shape index (κ1) is 13.3. The fourth-order valence-electron chi connectivity index (χ4n) is 1.84. The number of aromatic nitrogens is 1. The summed E-state index contributed by atoms with van der Waals surface area (Å²) in [5, 5.41) is 10.6. The largest absolute Gasteiger partial charge is 0.364 e. The average molecular weight is 274 g/mol. The van der Waals surface area contributed by atoms with Gasteiger partial charge in [0, 0.05) is 23.9 Å². The summed E-state index contributed by atoms with van der Waals surface area (Å²) < 4.78 is 1.19. The van der Waals surface area contributed by atoms with Gasteiger partial charge in [-0.15, -0.1) is 0 Å². The number of nitrogens with zero attached hydrogens (tertiary/aromatic N) is 2. The summed E-state index contributed by atoms with van der Waals surface area (Å²) in [7, 11) is 0. The minimum Gasteiger partial charge on any atom is -0.364 e. The van der Waals surface area contributed by atoms with Crippen LogP contribution in [0.25, 0.3) is 11.1 Å². The molecule has 1 aromatic heterocycles. The van der Waals surface area contributed by atoms with Gasteiger partial charge in [0.05, 0.1) is 4.92 Å². The van der Waals surface area contributed by atoms with Gasteiger partial charge in [-0.25, -0.2) is 0 Å². The molecule has 0 atom stereocenters. The SMILES string of the molecule is NC(=O)c1c(-c2ccc([N+](=O)[O-])cc2)ccn1NC=O. The highest BCUT2D eigenvalue weighted by molar-refractivity contribution is 5.99. The Labute approximate surface area is 112 Å². The number of carbonyl (C=O) groups is 2. The summed E-state index contributed by atoms with van der Waals surface area (Å²) in [4.78, 5) is 32.0. The Morgan fingerprint density at radius 1 is 1.30 bits per heavy atom. The number of nitrogens with one attached hydrogen (secondary N) is 1. The van der Waals surface area contributed by atoms with Gasteiger partial charge in [0.15, 0.2) is 0 Å². The lowest BCUT2D eigenvalue weighted by Gasteiger charge is -2.06. The number of hydrogen-bond acceptors (Lipinski definition) is 4. The molecule has 0 saturated heterocycles. The molecule has 8 heteroatoms. The smallest absolute Gasteiger partial charge is 0.269 e. The first-order valence-electron chi connectivity index (χ1n) is 5.50. The first-order valence-corrected chi connectivity index (χ1v) is 5.50. The van der Waals surface area contributed by atoms with Crippen LogP contribution in [0.4, 0.5) is 5.69 Å². The summed E-state index contributed by atoms with van der Waals surface area (Å²) in [6.07, 6.45) is 1.87. The second kappa shape index (κ2) is 5.22. The van der Waals surface area contributed by atoms with Crippen LogP contribution in [-0.4, -0.2) is 21.9 Å². The number of benzene rings is 1. The summed E-state index contributed by atoms with van der Waals surface area (Å²) in [5.74, 6) is -0.724. The molecule has 2 amide bonds. The molecule has 1 aromatic carbocycles. The topological polar surface area (TPSA) is 120 Å². The molecule has 8 nitrogen and oxygen atoms in total. The summed E-state index contributed by atoms with van der Waals surface area (Å²) in [6.45, 7) is 0. The molecule has 0 saturated carbocycles. The molecule has 0 unspecified atom stereocenters. The van der Waals surface area contributed by atoms with E-state index >= 15 is 0 Å². The lowest BCUT2D eigenvalue weighted by Crippen LogP contribution is -2.22. The van der Waals surface area contributed by atoms with Gasteiger partial charge in [-0.2, -0.15) is 0 Å². The standard InChI is InChI=1S/C12H10N4O4/c13-12(18)11-10(5-6-15(11)14-7-17)8-1-3-9(4-2-8)16(19)20/h1-7H,(H2,13,18)(H,14,17). The molecule has 1 heterocycles. The molecule has 0 bridgehead atoms. The predicted molar refractivity (Wildman–Crippen MR) is 70.5 cm³/mol. The Hall–Kier alpha value is -3.16. The van der Waals surface area contributed by atoms with Crippen molar-refractivity contribution in [2.24, 2.45) is 5.73 Å². The lowest BCUT2D eigenvalue weighted by atomic mass is 10.1. The van der Waals surface area contributed by atoms with Gasteiger partial charge >= 0.3 is 0 Å². The molecule has 0 fully saturated rings. The van der Waals surface area contributed by atoms with Crippen LogP contribution < -0.4 is 11.2 Å². The van der Waals surface area contributed by atoms with Gasteiger partial charge < -0.3 is 5.73 Å². The molecule has 0 radical (unpaired) electrons. The maximum atomic E-state index is 11.5. The van der Waals surface area contributed by atoms with Gasteiger partial charge in [0.25, 0.3) is 11.6 Å². The highest BCUT2D eigenvalue weighted by atomic mass is 16.6. The Bertz CT molecular complexity index is 675. The van der Waals surface area contributed by atoms with Crippen LogP contribution in [0.5, 0.6) is 0 Å². The Morgan fingerprint density at radius 3 is 2.45 bits per heavy atom. The van der Waals surface area contributed by atoms with Crippen molar-refractivity contribution in [3.8, 4) is 11.1 Å². The van der Waals surface area contributed by atoms with Crippen LogP contribution in [0.2, 0.25) is 0 Å². The van der Waals surface area contributed by atoms with Crippen molar-refractivity contribution in [3.05, 3.63) is 52.3 Å². The van der Waals surface area contributed by atoms with E-state index in [4.69, 9.17) is 5.73 Å². The second-order valence-electron chi connectivity index (χ2n) is 3.86. The summed E-state index contributed by atoms with van der Waals surface area (Å²) >= 11 is 0. The van der Waals surface area contributed by atoms with E-state index in [2.05, 4.69) is 5.43 Å². The number of non-ortho nitro benzene ring substituents is 1. The number of rotatable bonds is 5. The van der Waals surface area contributed by atoms with Crippen molar-refractivity contribution in [1.29, 1.82) is 0 Å². The third kappa shape index (κ3) is 2.34. The van der Waals surface area contributed by atoms with E-state index in [0.717, 1.165) is 0 Å². The highest BCUT2D eigenvalue weighted by Gasteiger charge is 2.16. The third-order valence-corrected chi connectivity index (χ3v) is 2.70. The molecule has 2 rings (SSSR count). The van der Waals surface area contributed by atoms with E-state index in [1.807, 2.05) is 0 Å². The zero-order chi connectivity index (χ0) is 14.7. The lowest BCUT2D eigenvalue weighted by molar-refractivity contribution is -0.384. The van der Waals surface area contributed by atoms with Crippen LogP contribution in [0.15, 0.2) is 36.5 Å². The molecule has 2 aromatic rings. The van der Waals surface area contributed by atoms with E-state index in [9.17, 15) is 19.7 Å². The van der Waals surface area contributed by atoms with E-state index in [1.165, 1.54) is 35.1 Å². The van der Waals surface area contributed by atoms with E-state index in [-0.39, 0.29) is 11.4 Å². The molecule has 20 heavy (non-hydrogen) atoms. The van der Waals surface area contributed by atoms with Crippen LogP contribution in [-0.2, 0) is 4.79 Å². The summed E-state index contributed by atoms with van der Waals surface area (Å²) in [5.41, 5.74) is 8.67. The first-order chi connectivity index (χ1) is 9.54. The number of hydrogen-bond donors (Lipinski definition) is 2. The van der Waals surface area contributed by atoms with Gasteiger partial charge in [0.1, 0.15) is 5.69 Å². The normalized spacial score (nSPS) is 10.0. The molecule has 0 aliphatic heterocycles. The third-order valence-electron chi connectivity index (χ3n) is 2.70. The highest BCUT2D eigenvalue weighted by Crippen LogP contribution is 2.26. The van der Waals surface area contributed by atoms with Gasteiger partial charge in [0.2, 0.25) is 6.41 Å². The van der Waals surface area contributed by atoms with Crippen molar-refractivity contribution in [2.45, 2.75) is 0 Å². The van der Waals surface area contributed by atoms with Crippen molar-refractivity contribution < 1.29 is 14.5 Å². The fourth-order valence-corrected chi connectivity index (χ4v) is 1.84. The number of nitrogens with two attached hydrogens (primary N) is 1. The quantitative estimate of drug-likeness (QED) is 0.477. The van der Waals surface area contributed by atoms with Crippen LogP contribution in [0.1, 0.15) is 10.5 Å². The van der Waals surface area contributed by atoms with E-state index in [1.54, 1.807) is 6.07 Å². The predicted octanol–water partition coefficient (Wildman–Crippen LogP) is 0.862. The van der Waals surface area contributed by atoms with Crippen molar-refractivity contribution in [3.63, 3.8) is 0 Å². The fraction of sp³-hybridized carbons (Fsp3) is 0. The van der Waals surface area contributed by atoms with Crippen molar-refractivity contribution in [1.82, 2.24) is 4.68 Å².